The largest absolute Gasteiger partial charge is 0.480 e. The lowest BCUT2D eigenvalue weighted by Crippen LogP contribution is -2.40. The first-order chi connectivity index (χ1) is 13.0. The molecule has 1 aliphatic rings. The topological polar surface area (TPSA) is 83.6 Å². The standard InChI is InChI=1S/C22H18N2O3/c23-19-13-9-17(10-14-19)5-2-1-4-16-7-11-18(12-8-16)21(25)24-15-3-6-20(24)22(26)27/h7-14,20H,3,6,15,23H2,(H,26,27)/t20-/m0/s1. The first-order valence-corrected chi connectivity index (χ1v) is 8.56. The van der Waals surface area contributed by atoms with Crippen molar-refractivity contribution in [2.45, 2.75) is 18.9 Å². The molecule has 0 unspecified atom stereocenters. The lowest BCUT2D eigenvalue weighted by Gasteiger charge is -2.21. The summed E-state index contributed by atoms with van der Waals surface area (Å²) in [4.78, 5) is 25.2. The van der Waals surface area contributed by atoms with Crippen LogP contribution >= 0.6 is 0 Å². The van der Waals surface area contributed by atoms with Crippen LogP contribution in [-0.2, 0) is 4.79 Å². The molecule has 2 aromatic carbocycles. The van der Waals surface area contributed by atoms with E-state index in [1.165, 1.54) is 4.90 Å². The Balaban J connectivity index is 1.67. The van der Waals surface area contributed by atoms with Gasteiger partial charge in [0.2, 0.25) is 0 Å². The molecule has 0 spiro atoms. The predicted octanol–water partition coefficient (Wildman–Crippen LogP) is 2.36. The highest BCUT2D eigenvalue weighted by atomic mass is 16.4. The van der Waals surface area contributed by atoms with Gasteiger partial charge >= 0.3 is 5.97 Å². The number of nitrogens with two attached hydrogens (primary N) is 1. The lowest BCUT2D eigenvalue weighted by atomic mass is 10.1. The Kier molecular flexibility index (Phi) is 5.44. The van der Waals surface area contributed by atoms with Crippen LogP contribution in [0, 0.1) is 23.7 Å². The maximum atomic E-state index is 12.5. The van der Waals surface area contributed by atoms with E-state index in [9.17, 15) is 14.7 Å². The average Bonchev–Trinajstić information content (AvgIpc) is 3.17. The molecule has 5 heteroatoms. The van der Waals surface area contributed by atoms with Crippen molar-refractivity contribution in [1.82, 2.24) is 4.90 Å². The molecular formula is C22H18N2O3. The molecule has 27 heavy (non-hydrogen) atoms. The number of benzene rings is 2. The molecule has 3 rings (SSSR count). The molecule has 0 bridgehead atoms. The van der Waals surface area contributed by atoms with Crippen molar-refractivity contribution in [1.29, 1.82) is 0 Å². The zero-order valence-corrected chi connectivity index (χ0v) is 14.6. The number of carboxylic acid groups (broad SMARTS) is 1. The maximum Gasteiger partial charge on any atom is 0.326 e. The van der Waals surface area contributed by atoms with E-state index in [0.717, 1.165) is 11.1 Å². The fourth-order valence-corrected chi connectivity index (χ4v) is 2.90. The first-order valence-electron chi connectivity index (χ1n) is 8.56. The molecule has 1 amide bonds. The summed E-state index contributed by atoms with van der Waals surface area (Å²) in [5.41, 5.74) is 8.33. The second-order valence-electron chi connectivity index (χ2n) is 6.19. The van der Waals surface area contributed by atoms with Gasteiger partial charge in [0.1, 0.15) is 6.04 Å². The summed E-state index contributed by atoms with van der Waals surface area (Å²) >= 11 is 0. The van der Waals surface area contributed by atoms with Crippen LogP contribution in [0.2, 0.25) is 0 Å². The number of aliphatic carboxylic acids is 1. The Labute approximate surface area is 157 Å². The van der Waals surface area contributed by atoms with E-state index < -0.39 is 12.0 Å². The van der Waals surface area contributed by atoms with Crippen molar-refractivity contribution in [3.05, 3.63) is 65.2 Å². The lowest BCUT2D eigenvalue weighted by molar-refractivity contribution is -0.141. The summed E-state index contributed by atoms with van der Waals surface area (Å²) in [6, 6.07) is 13.3. The number of nitrogens with zero attached hydrogens (tertiary/aromatic N) is 1. The van der Waals surface area contributed by atoms with E-state index in [2.05, 4.69) is 23.7 Å². The highest BCUT2D eigenvalue weighted by Crippen LogP contribution is 2.20. The highest BCUT2D eigenvalue weighted by molar-refractivity contribution is 5.97. The molecule has 5 nitrogen and oxygen atoms in total. The van der Waals surface area contributed by atoms with E-state index >= 15 is 0 Å². The molecule has 1 saturated heterocycles. The summed E-state index contributed by atoms with van der Waals surface area (Å²) in [6.45, 7) is 0.470. The van der Waals surface area contributed by atoms with Gasteiger partial charge in [0.25, 0.3) is 5.91 Å². The quantitative estimate of drug-likeness (QED) is 0.638. The smallest absolute Gasteiger partial charge is 0.326 e. The minimum atomic E-state index is -0.956. The third kappa shape index (κ3) is 4.48. The number of anilines is 1. The van der Waals surface area contributed by atoms with Gasteiger partial charge in [0.05, 0.1) is 0 Å². The molecule has 0 saturated carbocycles. The van der Waals surface area contributed by atoms with Crippen LogP contribution in [0.15, 0.2) is 48.5 Å². The molecule has 1 fully saturated rings. The minimum absolute atomic E-state index is 0.262. The number of carbonyl (C=O) groups excluding carboxylic acids is 1. The third-order valence-corrected chi connectivity index (χ3v) is 4.32. The van der Waals surface area contributed by atoms with Crippen LogP contribution < -0.4 is 5.73 Å². The minimum Gasteiger partial charge on any atom is -0.480 e. The third-order valence-electron chi connectivity index (χ3n) is 4.32. The van der Waals surface area contributed by atoms with Gasteiger partial charge in [0.15, 0.2) is 0 Å². The van der Waals surface area contributed by atoms with Crippen LogP contribution in [0.3, 0.4) is 0 Å². The Morgan fingerprint density at radius 2 is 1.52 bits per heavy atom. The van der Waals surface area contributed by atoms with Gasteiger partial charge < -0.3 is 15.7 Å². The molecule has 2 aromatic rings. The van der Waals surface area contributed by atoms with Gasteiger partial charge in [0, 0.05) is 28.9 Å². The molecule has 0 aliphatic carbocycles. The van der Waals surface area contributed by atoms with Crippen molar-refractivity contribution in [3.8, 4) is 23.7 Å². The van der Waals surface area contributed by atoms with Crippen molar-refractivity contribution < 1.29 is 14.7 Å². The second-order valence-corrected chi connectivity index (χ2v) is 6.19. The number of nitrogen functional groups attached to an aromatic ring is 1. The van der Waals surface area contributed by atoms with E-state index in [4.69, 9.17) is 5.73 Å². The highest BCUT2D eigenvalue weighted by Gasteiger charge is 2.34. The maximum absolute atomic E-state index is 12.5. The predicted molar refractivity (Wildman–Crippen MR) is 103 cm³/mol. The molecular weight excluding hydrogens is 340 g/mol. The van der Waals surface area contributed by atoms with Crippen LogP contribution in [0.1, 0.15) is 34.3 Å². The van der Waals surface area contributed by atoms with Gasteiger partial charge in [-0.15, -0.1) is 0 Å². The van der Waals surface area contributed by atoms with E-state index in [1.54, 1.807) is 36.4 Å². The van der Waals surface area contributed by atoms with Crippen molar-refractivity contribution in [2.24, 2.45) is 0 Å². The van der Waals surface area contributed by atoms with Gasteiger partial charge in [-0.1, -0.05) is 11.8 Å². The van der Waals surface area contributed by atoms with Gasteiger partial charge in [-0.3, -0.25) is 4.79 Å². The molecule has 1 aliphatic heterocycles. The molecule has 134 valence electrons. The van der Waals surface area contributed by atoms with Gasteiger partial charge in [-0.2, -0.15) is 0 Å². The van der Waals surface area contributed by atoms with E-state index in [1.807, 2.05) is 12.1 Å². The Morgan fingerprint density at radius 3 is 2.07 bits per heavy atom. The molecule has 0 radical (unpaired) electrons. The average molecular weight is 358 g/mol. The number of hydrogen-bond acceptors (Lipinski definition) is 3. The van der Waals surface area contributed by atoms with Crippen LogP contribution in [-0.4, -0.2) is 34.5 Å². The zero-order chi connectivity index (χ0) is 19.2. The number of rotatable bonds is 2. The van der Waals surface area contributed by atoms with Gasteiger partial charge in [-0.25, -0.2) is 4.79 Å². The van der Waals surface area contributed by atoms with E-state index in [0.29, 0.717) is 30.6 Å². The van der Waals surface area contributed by atoms with Crippen molar-refractivity contribution in [2.75, 3.05) is 12.3 Å². The van der Waals surface area contributed by atoms with Crippen LogP contribution in [0.5, 0.6) is 0 Å². The summed E-state index contributed by atoms with van der Waals surface area (Å²) in [5.74, 6) is 10.2. The normalized spacial score (nSPS) is 15.3. The van der Waals surface area contributed by atoms with Crippen molar-refractivity contribution >= 4 is 17.6 Å². The Bertz CT molecular complexity index is 971. The van der Waals surface area contributed by atoms with Crippen LogP contribution in [0.25, 0.3) is 0 Å². The number of carbonyl (C=O) groups is 2. The number of likely N-dealkylation sites (tertiary alicyclic amines) is 1. The monoisotopic (exact) mass is 358 g/mol. The fraction of sp³-hybridized carbons (Fsp3) is 0.182. The van der Waals surface area contributed by atoms with Gasteiger partial charge in [-0.05, 0) is 73.2 Å². The molecule has 3 N–H and O–H groups in total. The summed E-state index contributed by atoms with van der Waals surface area (Å²) in [7, 11) is 0. The zero-order valence-electron chi connectivity index (χ0n) is 14.6. The number of hydrogen-bond donors (Lipinski definition) is 2. The number of carboxylic acids is 1. The first kappa shape index (κ1) is 18.1. The van der Waals surface area contributed by atoms with Crippen molar-refractivity contribution in [3.63, 3.8) is 0 Å². The Morgan fingerprint density at radius 1 is 0.963 bits per heavy atom. The van der Waals surface area contributed by atoms with E-state index in [-0.39, 0.29) is 5.91 Å². The fourth-order valence-electron chi connectivity index (χ4n) is 2.90. The molecule has 1 atom stereocenters. The summed E-state index contributed by atoms with van der Waals surface area (Å²) in [5, 5.41) is 9.21. The molecule has 0 aromatic heterocycles. The summed E-state index contributed by atoms with van der Waals surface area (Å²) in [6.07, 6.45) is 1.20. The SMILES string of the molecule is Nc1ccc(C#CC#Cc2ccc(C(=O)N3CCC[C@H]3C(=O)O)cc2)cc1. The Hall–Kier alpha value is -3.70. The molecule has 1 heterocycles. The van der Waals surface area contributed by atoms with Crippen LogP contribution in [0.4, 0.5) is 5.69 Å². The number of amides is 1. The summed E-state index contributed by atoms with van der Waals surface area (Å²) < 4.78 is 0. The second kappa shape index (κ2) is 8.12.